The van der Waals surface area contributed by atoms with Gasteiger partial charge in [-0.1, -0.05) is 12.7 Å². The molecule has 0 saturated carbocycles. The van der Waals surface area contributed by atoms with Crippen molar-refractivity contribution in [3.63, 3.8) is 0 Å². The van der Waals surface area contributed by atoms with Gasteiger partial charge in [-0.25, -0.2) is 9.50 Å². The first-order valence-corrected chi connectivity index (χ1v) is 7.59. The van der Waals surface area contributed by atoms with E-state index in [1.165, 1.54) is 12.8 Å². The van der Waals surface area contributed by atoms with E-state index >= 15 is 0 Å². The monoisotopic (exact) mass is 294 g/mol. The van der Waals surface area contributed by atoms with Crippen molar-refractivity contribution in [3.05, 3.63) is 42.3 Å². The van der Waals surface area contributed by atoms with Gasteiger partial charge in [0, 0.05) is 18.7 Å². The van der Waals surface area contributed by atoms with Crippen LogP contribution in [0.3, 0.4) is 0 Å². The molecule has 3 aromatic heterocycles. The van der Waals surface area contributed by atoms with Crippen molar-refractivity contribution < 1.29 is 4.42 Å². The zero-order valence-corrected chi connectivity index (χ0v) is 12.6. The first-order chi connectivity index (χ1) is 10.8. The number of hydrogen-bond donors (Lipinski definition) is 0. The van der Waals surface area contributed by atoms with Crippen LogP contribution in [0.5, 0.6) is 0 Å². The first-order valence-electron chi connectivity index (χ1n) is 7.59. The van der Waals surface area contributed by atoms with Gasteiger partial charge in [-0.3, -0.25) is 0 Å². The summed E-state index contributed by atoms with van der Waals surface area (Å²) in [6.07, 6.45) is 6.07. The Labute approximate surface area is 128 Å². The van der Waals surface area contributed by atoms with Crippen LogP contribution in [0.25, 0.3) is 23.2 Å². The number of nitrogens with zero attached hydrogens (tertiary/aromatic N) is 4. The fourth-order valence-corrected chi connectivity index (χ4v) is 2.97. The lowest BCUT2D eigenvalue weighted by atomic mass is 10.2. The molecule has 0 radical (unpaired) electrons. The van der Waals surface area contributed by atoms with E-state index in [-0.39, 0.29) is 0 Å². The molecule has 5 nitrogen and oxygen atoms in total. The minimum absolute atomic E-state index is 0.769. The van der Waals surface area contributed by atoms with Crippen LogP contribution in [0.2, 0.25) is 0 Å². The second kappa shape index (κ2) is 5.02. The third-order valence-electron chi connectivity index (χ3n) is 4.21. The van der Waals surface area contributed by atoms with E-state index in [0.29, 0.717) is 0 Å². The standard InChI is InChI=1S/C17H18N4O/c1-3-13-10-15(22-12(13)2)14-11-18-16-6-7-17(19-21(14)16)20-8-4-5-9-20/h3,6-7,10-11H,1,4-5,8-9H2,2H3. The largest absolute Gasteiger partial charge is 0.459 e. The summed E-state index contributed by atoms with van der Waals surface area (Å²) in [5.41, 5.74) is 2.69. The molecule has 5 heteroatoms. The molecule has 1 aliphatic rings. The van der Waals surface area contributed by atoms with Crippen LogP contribution < -0.4 is 4.90 Å². The normalized spacial score (nSPS) is 14.9. The zero-order chi connectivity index (χ0) is 15.1. The predicted molar refractivity (Wildman–Crippen MR) is 87.0 cm³/mol. The smallest absolute Gasteiger partial charge is 0.155 e. The maximum atomic E-state index is 5.84. The molecule has 0 atom stereocenters. The number of hydrogen-bond acceptors (Lipinski definition) is 4. The molecule has 0 aliphatic carbocycles. The molecule has 0 bridgehead atoms. The molecule has 1 fully saturated rings. The lowest BCUT2D eigenvalue weighted by Crippen LogP contribution is -2.19. The Hall–Kier alpha value is -2.56. The Kier molecular flexibility index (Phi) is 2.99. The number of rotatable bonds is 3. The van der Waals surface area contributed by atoms with Crippen molar-refractivity contribution in [1.29, 1.82) is 0 Å². The molecule has 4 rings (SSSR count). The summed E-state index contributed by atoms with van der Waals surface area (Å²) < 4.78 is 7.70. The Balaban J connectivity index is 1.83. The van der Waals surface area contributed by atoms with E-state index in [4.69, 9.17) is 9.52 Å². The molecule has 1 saturated heterocycles. The minimum atomic E-state index is 0.769. The van der Waals surface area contributed by atoms with Gasteiger partial charge in [-0.05, 0) is 38.0 Å². The van der Waals surface area contributed by atoms with E-state index in [2.05, 4.69) is 16.5 Å². The molecule has 0 unspecified atom stereocenters. The van der Waals surface area contributed by atoms with Gasteiger partial charge in [0.1, 0.15) is 17.3 Å². The van der Waals surface area contributed by atoms with Gasteiger partial charge in [0.25, 0.3) is 0 Å². The van der Waals surface area contributed by atoms with Crippen LogP contribution in [0.4, 0.5) is 5.82 Å². The number of aromatic nitrogens is 3. The molecule has 0 spiro atoms. The summed E-state index contributed by atoms with van der Waals surface area (Å²) in [5, 5.41) is 4.75. The molecule has 4 heterocycles. The highest BCUT2D eigenvalue weighted by molar-refractivity contribution is 5.64. The van der Waals surface area contributed by atoms with Gasteiger partial charge in [0.15, 0.2) is 11.4 Å². The highest BCUT2D eigenvalue weighted by Gasteiger charge is 2.17. The third kappa shape index (κ3) is 2.01. The Morgan fingerprint density at radius 1 is 1.27 bits per heavy atom. The average Bonchev–Trinajstić information content (AvgIpc) is 3.25. The van der Waals surface area contributed by atoms with Crippen LogP contribution >= 0.6 is 0 Å². The van der Waals surface area contributed by atoms with Crippen molar-refractivity contribution >= 4 is 17.5 Å². The van der Waals surface area contributed by atoms with Crippen molar-refractivity contribution in [2.24, 2.45) is 0 Å². The van der Waals surface area contributed by atoms with Gasteiger partial charge in [-0.15, -0.1) is 5.10 Å². The Morgan fingerprint density at radius 2 is 2.09 bits per heavy atom. The third-order valence-corrected chi connectivity index (χ3v) is 4.21. The summed E-state index contributed by atoms with van der Waals surface area (Å²) >= 11 is 0. The lowest BCUT2D eigenvalue weighted by Gasteiger charge is -2.15. The van der Waals surface area contributed by atoms with E-state index in [0.717, 1.165) is 47.3 Å². The van der Waals surface area contributed by atoms with E-state index in [1.807, 2.05) is 29.6 Å². The Bertz CT molecular complexity index is 840. The number of imidazole rings is 1. The fourth-order valence-electron chi connectivity index (χ4n) is 2.97. The zero-order valence-electron chi connectivity index (χ0n) is 12.6. The molecule has 0 aromatic carbocycles. The molecular formula is C17H18N4O. The second-order valence-electron chi connectivity index (χ2n) is 5.63. The van der Waals surface area contributed by atoms with Crippen molar-refractivity contribution in [1.82, 2.24) is 14.6 Å². The summed E-state index contributed by atoms with van der Waals surface area (Å²) in [6.45, 7) is 7.89. The summed E-state index contributed by atoms with van der Waals surface area (Å²) in [7, 11) is 0. The Morgan fingerprint density at radius 3 is 2.82 bits per heavy atom. The predicted octanol–water partition coefficient (Wildman–Crippen LogP) is 3.54. The maximum Gasteiger partial charge on any atom is 0.155 e. The van der Waals surface area contributed by atoms with Gasteiger partial charge < -0.3 is 9.32 Å². The molecule has 0 N–H and O–H groups in total. The van der Waals surface area contributed by atoms with E-state index < -0.39 is 0 Å². The minimum Gasteiger partial charge on any atom is -0.459 e. The highest BCUT2D eigenvalue weighted by Crippen LogP contribution is 2.27. The molecule has 3 aromatic rings. The molecule has 0 amide bonds. The number of fused-ring (bicyclic) bond motifs is 1. The van der Waals surface area contributed by atoms with Gasteiger partial charge in [-0.2, -0.15) is 0 Å². The number of aryl methyl sites for hydroxylation is 1. The lowest BCUT2D eigenvalue weighted by molar-refractivity contribution is 0.544. The van der Waals surface area contributed by atoms with Gasteiger partial charge >= 0.3 is 0 Å². The second-order valence-corrected chi connectivity index (χ2v) is 5.63. The highest BCUT2D eigenvalue weighted by atomic mass is 16.3. The van der Waals surface area contributed by atoms with Crippen molar-refractivity contribution in [2.75, 3.05) is 18.0 Å². The number of furan rings is 1. The summed E-state index contributed by atoms with van der Waals surface area (Å²) in [6, 6.07) is 6.03. The fraction of sp³-hybridized carbons (Fsp3) is 0.294. The van der Waals surface area contributed by atoms with Crippen molar-refractivity contribution in [2.45, 2.75) is 19.8 Å². The first kappa shape index (κ1) is 13.1. The molecule has 22 heavy (non-hydrogen) atoms. The van der Waals surface area contributed by atoms with Crippen molar-refractivity contribution in [3.8, 4) is 11.5 Å². The molecule has 112 valence electrons. The van der Waals surface area contributed by atoms with Gasteiger partial charge in [0.2, 0.25) is 0 Å². The van der Waals surface area contributed by atoms with Crippen LogP contribution in [0.15, 0.2) is 35.4 Å². The average molecular weight is 294 g/mol. The SMILES string of the molecule is C=Cc1cc(-c2cnc3ccc(N4CCCC4)nn23)oc1C. The summed E-state index contributed by atoms with van der Waals surface area (Å²) in [4.78, 5) is 6.73. The van der Waals surface area contributed by atoms with Crippen LogP contribution in [0, 0.1) is 6.92 Å². The number of anilines is 1. The summed E-state index contributed by atoms with van der Waals surface area (Å²) in [5.74, 6) is 2.62. The molecular weight excluding hydrogens is 276 g/mol. The van der Waals surface area contributed by atoms with Crippen LogP contribution in [-0.2, 0) is 0 Å². The quantitative estimate of drug-likeness (QED) is 0.741. The van der Waals surface area contributed by atoms with Crippen LogP contribution in [-0.4, -0.2) is 27.7 Å². The van der Waals surface area contributed by atoms with E-state index in [9.17, 15) is 0 Å². The topological polar surface area (TPSA) is 46.6 Å². The van der Waals surface area contributed by atoms with E-state index in [1.54, 1.807) is 12.3 Å². The van der Waals surface area contributed by atoms with Crippen LogP contribution in [0.1, 0.15) is 24.2 Å². The molecule has 1 aliphatic heterocycles. The van der Waals surface area contributed by atoms with Gasteiger partial charge in [0.05, 0.1) is 6.20 Å². The maximum absolute atomic E-state index is 5.84.